The minimum absolute atomic E-state index is 0.189. The highest BCUT2D eigenvalue weighted by Crippen LogP contribution is 2.51. The summed E-state index contributed by atoms with van der Waals surface area (Å²) in [7, 11) is 0. The SMILES string of the molecule is c1ccc(C2c3ccccc3-c3ccc(-c4ccc5c(c4)-c4ccccc4C5c4ccc(-c5ccc6c(c5)oc5ccccc56)cc4)cc32)cc1. The minimum atomic E-state index is 0.189. The molecule has 2 atom stereocenters. The van der Waals surface area contributed by atoms with Crippen molar-refractivity contribution in [3.05, 3.63) is 215 Å². The van der Waals surface area contributed by atoms with Crippen molar-refractivity contribution < 1.29 is 4.42 Å². The molecule has 0 radical (unpaired) electrons. The summed E-state index contributed by atoms with van der Waals surface area (Å²) in [5.74, 6) is 0.426. The first kappa shape index (κ1) is 28.4. The van der Waals surface area contributed by atoms with Gasteiger partial charge in [-0.05, 0) is 108 Å². The Labute approximate surface area is 297 Å². The molecule has 0 N–H and O–H groups in total. The number of hydrogen-bond donors (Lipinski definition) is 0. The highest BCUT2D eigenvalue weighted by Gasteiger charge is 2.32. The van der Waals surface area contributed by atoms with Crippen LogP contribution >= 0.6 is 0 Å². The van der Waals surface area contributed by atoms with E-state index >= 15 is 0 Å². The molecule has 8 aromatic carbocycles. The molecule has 2 aliphatic carbocycles. The summed E-state index contributed by atoms with van der Waals surface area (Å²) in [6.45, 7) is 0. The summed E-state index contributed by atoms with van der Waals surface area (Å²) in [5.41, 5.74) is 20.2. The molecule has 0 saturated heterocycles. The summed E-state index contributed by atoms with van der Waals surface area (Å²) in [6, 6.07) is 67.0. The molecule has 9 aromatic rings. The van der Waals surface area contributed by atoms with Crippen molar-refractivity contribution in [2.24, 2.45) is 0 Å². The van der Waals surface area contributed by atoms with Crippen LogP contribution in [0.3, 0.4) is 0 Å². The zero-order valence-electron chi connectivity index (χ0n) is 27.9. The van der Waals surface area contributed by atoms with Crippen LogP contribution < -0.4 is 0 Å². The summed E-state index contributed by atoms with van der Waals surface area (Å²) >= 11 is 0. The van der Waals surface area contributed by atoms with Gasteiger partial charge in [-0.3, -0.25) is 0 Å². The topological polar surface area (TPSA) is 13.1 Å². The monoisotopic (exact) mass is 648 g/mol. The second kappa shape index (κ2) is 11.0. The highest BCUT2D eigenvalue weighted by atomic mass is 16.3. The van der Waals surface area contributed by atoms with Gasteiger partial charge >= 0.3 is 0 Å². The lowest BCUT2D eigenvalue weighted by molar-refractivity contribution is 0.669. The fraction of sp³-hybridized carbons (Fsp3) is 0.0400. The van der Waals surface area contributed by atoms with E-state index in [1.54, 1.807) is 0 Å². The zero-order valence-corrected chi connectivity index (χ0v) is 27.9. The lowest BCUT2D eigenvalue weighted by Gasteiger charge is -2.16. The molecule has 2 unspecified atom stereocenters. The van der Waals surface area contributed by atoms with Crippen molar-refractivity contribution in [3.8, 4) is 44.5 Å². The maximum atomic E-state index is 6.20. The van der Waals surface area contributed by atoms with Gasteiger partial charge in [-0.1, -0.05) is 152 Å². The van der Waals surface area contributed by atoms with Gasteiger partial charge < -0.3 is 4.42 Å². The predicted octanol–water partition coefficient (Wildman–Crippen LogP) is 13.2. The Morgan fingerprint density at radius 1 is 0.294 bits per heavy atom. The number of furan rings is 1. The van der Waals surface area contributed by atoms with Gasteiger partial charge in [0.15, 0.2) is 0 Å². The second-order valence-electron chi connectivity index (χ2n) is 14.0. The first-order chi connectivity index (χ1) is 25.3. The fourth-order valence-electron chi connectivity index (χ4n) is 8.91. The zero-order chi connectivity index (χ0) is 33.5. The summed E-state index contributed by atoms with van der Waals surface area (Å²) in [6.07, 6.45) is 0. The van der Waals surface area contributed by atoms with Gasteiger partial charge in [0.2, 0.25) is 0 Å². The molecule has 0 aliphatic heterocycles. The van der Waals surface area contributed by atoms with Crippen LogP contribution in [0, 0.1) is 0 Å². The molecule has 0 fully saturated rings. The standard InChI is InChI=1S/C50H32O/c1-2-10-32(11-3-1)50-42-15-6-4-12-37(42)39-25-22-35(29-46(39)50)34-24-27-44-45(28-34)38-13-5-7-16-43(38)49(44)33-20-18-31(19-21-33)36-23-26-41-40-14-8-9-17-47(40)51-48(41)30-36/h1-30,49-50H. The number of hydrogen-bond acceptors (Lipinski definition) is 1. The van der Waals surface area contributed by atoms with Crippen LogP contribution in [0.1, 0.15) is 45.2 Å². The van der Waals surface area contributed by atoms with E-state index in [1.165, 1.54) is 72.3 Å². The Morgan fingerprint density at radius 2 is 0.824 bits per heavy atom. The van der Waals surface area contributed by atoms with Crippen molar-refractivity contribution in [2.75, 3.05) is 0 Å². The van der Waals surface area contributed by atoms with Gasteiger partial charge in [0, 0.05) is 22.6 Å². The molecular formula is C50H32O. The maximum Gasteiger partial charge on any atom is 0.136 e. The maximum absolute atomic E-state index is 6.20. The van der Waals surface area contributed by atoms with Crippen molar-refractivity contribution in [1.29, 1.82) is 0 Å². The van der Waals surface area contributed by atoms with E-state index in [9.17, 15) is 0 Å². The smallest absolute Gasteiger partial charge is 0.136 e. The van der Waals surface area contributed by atoms with E-state index < -0.39 is 0 Å². The normalized spacial score (nSPS) is 15.5. The van der Waals surface area contributed by atoms with Gasteiger partial charge in [0.05, 0.1) is 0 Å². The number of fused-ring (bicyclic) bond motifs is 9. The van der Waals surface area contributed by atoms with Crippen LogP contribution in [-0.4, -0.2) is 0 Å². The average molecular weight is 649 g/mol. The average Bonchev–Trinajstić information content (AvgIpc) is 3.85. The Balaban J connectivity index is 0.965. The van der Waals surface area contributed by atoms with E-state index in [-0.39, 0.29) is 11.8 Å². The van der Waals surface area contributed by atoms with Crippen molar-refractivity contribution in [1.82, 2.24) is 0 Å². The Bertz CT molecular complexity index is 2800. The molecule has 2 aliphatic rings. The molecule has 51 heavy (non-hydrogen) atoms. The number of para-hydroxylation sites is 1. The Kier molecular flexibility index (Phi) is 6.15. The molecule has 1 nitrogen and oxygen atoms in total. The summed E-state index contributed by atoms with van der Waals surface area (Å²) in [4.78, 5) is 0. The summed E-state index contributed by atoms with van der Waals surface area (Å²) < 4.78 is 6.20. The third-order valence-electron chi connectivity index (χ3n) is 11.3. The molecule has 0 spiro atoms. The van der Waals surface area contributed by atoms with Crippen LogP contribution in [0.25, 0.3) is 66.4 Å². The third kappa shape index (κ3) is 4.35. The first-order valence-corrected chi connectivity index (χ1v) is 17.8. The van der Waals surface area contributed by atoms with Crippen LogP contribution in [0.15, 0.2) is 186 Å². The molecule has 11 rings (SSSR count). The van der Waals surface area contributed by atoms with Gasteiger partial charge in [0.25, 0.3) is 0 Å². The molecule has 0 saturated carbocycles. The molecular weight excluding hydrogens is 617 g/mol. The Hall–Kier alpha value is -6.44. The van der Waals surface area contributed by atoms with Crippen LogP contribution in [-0.2, 0) is 0 Å². The van der Waals surface area contributed by atoms with Crippen molar-refractivity contribution >= 4 is 21.9 Å². The Morgan fingerprint density at radius 3 is 1.65 bits per heavy atom. The lowest BCUT2D eigenvalue weighted by atomic mass is 9.87. The third-order valence-corrected chi connectivity index (χ3v) is 11.3. The van der Waals surface area contributed by atoms with Crippen molar-refractivity contribution in [3.63, 3.8) is 0 Å². The van der Waals surface area contributed by atoms with Crippen molar-refractivity contribution in [2.45, 2.75) is 11.8 Å². The molecule has 0 amide bonds. The number of rotatable bonds is 4. The largest absolute Gasteiger partial charge is 0.456 e. The number of benzene rings is 8. The predicted molar refractivity (Wildman–Crippen MR) is 210 cm³/mol. The molecule has 0 bridgehead atoms. The molecule has 1 heterocycles. The van der Waals surface area contributed by atoms with E-state index in [0.29, 0.717) is 0 Å². The molecule has 1 heteroatoms. The molecule has 1 aromatic heterocycles. The van der Waals surface area contributed by atoms with Crippen LogP contribution in [0.4, 0.5) is 0 Å². The molecule has 238 valence electrons. The minimum Gasteiger partial charge on any atom is -0.456 e. The van der Waals surface area contributed by atoms with E-state index in [1.807, 2.05) is 12.1 Å². The van der Waals surface area contributed by atoms with Gasteiger partial charge in [0.1, 0.15) is 11.2 Å². The van der Waals surface area contributed by atoms with Gasteiger partial charge in [-0.15, -0.1) is 0 Å². The van der Waals surface area contributed by atoms with E-state index in [4.69, 9.17) is 4.42 Å². The second-order valence-corrected chi connectivity index (χ2v) is 14.0. The fourth-order valence-corrected chi connectivity index (χ4v) is 8.91. The van der Waals surface area contributed by atoms with E-state index in [2.05, 4.69) is 170 Å². The van der Waals surface area contributed by atoms with E-state index in [0.717, 1.165) is 27.5 Å². The first-order valence-electron chi connectivity index (χ1n) is 17.8. The quantitative estimate of drug-likeness (QED) is 0.185. The van der Waals surface area contributed by atoms with Crippen LogP contribution in [0.5, 0.6) is 0 Å². The van der Waals surface area contributed by atoms with Gasteiger partial charge in [-0.2, -0.15) is 0 Å². The highest BCUT2D eigenvalue weighted by molar-refractivity contribution is 6.05. The van der Waals surface area contributed by atoms with Gasteiger partial charge in [-0.25, -0.2) is 0 Å². The summed E-state index contributed by atoms with van der Waals surface area (Å²) in [5, 5.41) is 2.32. The van der Waals surface area contributed by atoms with Crippen LogP contribution in [0.2, 0.25) is 0 Å². The lowest BCUT2D eigenvalue weighted by Crippen LogP contribution is -1.99.